The van der Waals surface area contributed by atoms with Gasteiger partial charge in [-0.3, -0.25) is 4.99 Å². The standard InChI is InChI=1S/C25H29NO/c1-16-3-5-23(7-17(16)2)26-15-21-11-22(4-6-24(21)27)25-12-18-8-19(13-25)10-20(9-18)14-25/h3-7,11,15,18-20,27H,8-10,12-14H2,1-2H3. The molecule has 0 spiro atoms. The maximum Gasteiger partial charge on any atom is 0.124 e. The van der Waals surface area contributed by atoms with Crippen LogP contribution in [0.15, 0.2) is 41.4 Å². The van der Waals surface area contributed by atoms with E-state index in [2.05, 4.69) is 43.1 Å². The van der Waals surface area contributed by atoms with Gasteiger partial charge in [0, 0.05) is 11.8 Å². The SMILES string of the molecule is Cc1ccc(N=Cc2cc(C34CC5CC(CC(C5)C3)C4)ccc2O)cc1C. The third kappa shape index (κ3) is 2.99. The van der Waals surface area contributed by atoms with E-state index >= 15 is 0 Å². The van der Waals surface area contributed by atoms with E-state index in [9.17, 15) is 5.11 Å². The van der Waals surface area contributed by atoms with Crippen LogP contribution in [0.4, 0.5) is 5.69 Å². The van der Waals surface area contributed by atoms with Gasteiger partial charge in [-0.15, -0.1) is 0 Å². The fourth-order valence-corrected chi connectivity index (χ4v) is 6.40. The van der Waals surface area contributed by atoms with Crippen LogP contribution in [0.2, 0.25) is 0 Å². The second-order valence-electron chi connectivity index (χ2n) is 9.50. The fraction of sp³-hybridized carbons (Fsp3) is 0.480. The van der Waals surface area contributed by atoms with Gasteiger partial charge in [-0.25, -0.2) is 0 Å². The molecule has 4 fully saturated rings. The molecule has 4 aliphatic rings. The number of benzene rings is 2. The molecule has 140 valence electrons. The first-order valence-electron chi connectivity index (χ1n) is 10.5. The molecule has 4 bridgehead atoms. The number of rotatable bonds is 3. The molecular weight excluding hydrogens is 330 g/mol. The van der Waals surface area contributed by atoms with Crippen molar-refractivity contribution in [3.8, 4) is 5.75 Å². The summed E-state index contributed by atoms with van der Waals surface area (Å²) in [6, 6.07) is 12.5. The summed E-state index contributed by atoms with van der Waals surface area (Å²) in [5, 5.41) is 10.4. The topological polar surface area (TPSA) is 32.6 Å². The summed E-state index contributed by atoms with van der Waals surface area (Å²) in [4.78, 5) is 4.64. The van der Waals surface area contributed by atoms with Gasteiger partial charge in [-0.1, -0.05) is 12.1 Å². The molecule has 27 heavy (non-hydrogen) atoms. The summed E-state index contributed by atoms with van der Waals surface area (Å²) in [5.74, 6) is 3.11. The van der Waals surface area contributed by atoms with Gasteiger partial charge in [0.1, 0.15) is 5.75 Å². The molecule has 0 unspecified atom stereocenters. The normalized spacial score (nSPS) is 31.7. The molecule has 1 N–H and O–H groups in total. The van der Waals surface area contributed by atoms with Crippen molar-refractivity contribution < 1.29 is 5.11 Å². The van der Waals surface area contributed by atoms with Crippen LogP contribution in [0.25, 0.3) is 0 Å². The van der Waals surface area contributed by atoms with Crippen molar-refractivity contribution in [3.05, 3.63) is 58.7 Å². The minimum Gasteiger partial charge on any atom is -0.507 e. The fourth-order valence-electron chi connectivity index (χ4n) is 6.40. The van der Waals surface area contributed by atoms with Gasteiger partial charge >= 0.3 is 0 Å². The van der Waals surface area contributed by atoms with Crippen LogP contribution in [-0.4, -0.2) is 11.3 Å². The van der Waals surface area contributed by atoms with E-state index in [0.717, 1.165) is 29.0 Å². The van der Waals surface area contributed by atoms with Gasteiger partial charge in [-0.2, -0.15) is 0 Å². The highest BCUT2D eigenvalue weighted by Gasteiger charge is 2.51. The number of hydrogen-bond donors (Lipinski definition) is 1. The summed E-state index contributed by atoms with van der Waals surface area (Å²) < 4.78 is 0. The second-order valence-corrected chi connectivity index (χ2v) is 9.50. The molecule has 4 saturated carbocycles. The average Bonchev–Trinajstić information content (AvgIpc) is 2.62. The maximum absolute atomic E-state index is 10.4. The Labute approximate surface area is 162 Å². The number of aliphatic imine (C=N–C) groups is 1. The number of phenolic OH excluding ortho intramolecular Hbond substituents is 1. The number of phenols is 1. The monoisotopic (exact) mass is 359 g/mol. The maximum atomic E-state index is 10.4. The quantitative estimate of drug-likeness (QED) is 0.648. The third-order valence-electron chi connectivity index (χ3n) is 7.52. The summed E-state index contributed by atoms with van der Waals surface area (Å²) >= 11 is 0. The summed E-state index contributed by atoms with van der Waals surface area (Å²) in [5.41, 5.74) is 6.10. The number of aromatic hydroxyl groups is 1. The van der Waals surface area contributed by atoms with Crippen LogP contribution in [0.5, 0.6) is 5.75 Å². The number of nitrogens with zero attached hydrogens (tertiary/aromatic N) is 1. The smallest absolute Gasteiger partial charge is 0.124 e. The Bertz CT molecular complexity index is 875. The van der Waals surface area contributed by atoms with Crippen molar-refractivity contribution in [3.63, 3.8) is 0 Å². The lowest BCUT2D eigenvalue weighted by Gasteiger charge is -2.57. The van der Waals surface area contributed by atoms with Crippen LogP contribution >= 0.6 is 0 Å². The zero-order chi connectivity index (χ0) is 18.6. The summed E-state index contributed by atoms with van der Waals surface area (Å²) in [7, 11) is 0. The van der Waals surface area contributed by atoms with Crippen molar-refractivity contribution in [1.82, 2.24) is 0 Å². The number of aryl methyl sites for hydroxylation is 2. The van der Waals surface area contributed by atoms with E-state index in [4.69, 9.17) is 0 Å². The molecule has 0 atom stereocenters. The molecule has 0 aliphatic heterocycles. The van der Waals surface area contributed by atoms with E-state index in [-0.39, 0.29) is 0 Å². The van der Waals surface area contributed by atoms with Crippen LogP contribution in [0.3, 0.4) is 0 Å². The van der Waals surface area contributed by atoms with Gasteiger partial charge in [0.15, 0.2) is 0 Å². The van der Waals surface area contributed by atoms with Gasteiger partial charge < -0.3 is 5.11 Å². The molecule has 0 aromatic heterocycles. The van der Waals surface area contributed by atoms with Crippen LogP contribution in [-0.2, 0) is 5.41 Å². The van der Waals surface area contributed by atoms with E-state index in [1.807, 2.05) is 18.3 Å². The zero-order valence-corrected chi connectivity index (χ0v) is 16.4. The van der Waals surface area contributed by atoms with Gasteiger partial charge in [0.05, 0.1) is 5.69 Å². The van der Waals surface area contributed by atoms with Crippen molar-refractivity contribution in [2.24, 2.45) is 22.7 Å². The molecule has 2 aromatic carbocycles. The molecule has 2 heteroatoms. The third-order valence-corrected chi connectivity index (χ3v) is 7.52. The Kier molecular flexibility index (Phi) is 3.93. The molecule has 0 radical (unpaired) electrons. The summed E-state index contributed by atoms with van der Waals surface area (Å²) in [6.45, 7) is 4.23. The molecular formula is C25H29NO. The van der Waals surface area contributed by atoms with Gasteiger partial charge in [0.2, 0.25) is 0 Å². The molecule has 0 heterocycles. The lowest BCUT2D eigenvalue weighted by Crippen LogP contribution is -2.48. The number of hydrogen-bond acceptors (Lipinski definition) is 2. The lowest BCUT2D eigenvalue weighted by molar-refractivity contribution is -0.00520. The van der Waals surface area contributed by atoms with Gasteiger partial charge in [0.25, 0.3) is 0 Å². The first-order valence-corrected chi connectivity index (χ1v) is 10.5. The van der Waals surface area contributed by atoms with Gasteiger partial charge in [-0.05, 0) is 116 Å². The highest BCUT2D eigenvalue weighted by Crippen LogP contribution is 2.60. The van der Waals surface area contributed by atoms with Crippen LogP contribution < -0.4 is 0 Å². The lowest BCUT2D eigenvalue weighted by atomic mass is 9.48. The molecule has 2 nitrogen and oxygen atoms in total. The van der Waals surface area contributed by atoms with E-state index in [1.54, 1.807) is 0 Å². The van der Waals surface area contributed by atoms with Crippen LogP contribution in [0, 0.1) is 31.6 Å². The molecule has 0 saturated heterocycles. The molecule has 0 amide bonds. The Balaban J connectivity index is 1.46. The van der Waals surface area contributed by atoms with Crippen molar-refractivity contribution in [1.29, 1.82) is 0 Å². The minimum atomic E-state index is 0.330. The molecule has 2 aromatic rings. The first kappa shape index (κ1) is 17.0. The Morgan fingerprint density at radius 3 is 2.19 bits per heavy atom. The average molecular weight is 360 g/mol. The summed E-state index contributed by atoms with van der Waals surface area (Å²) in [6.07, 6.45) is 10.2. The van der Waals surface area contributed by atoms with Crippen molar-refractivity contribution in [2.45, 2.75) is 57.8 Å². The predicted molar refractivity (Wildman–Crippen MR) is 111 cm³/mol. The van der Waals surface area contributed by atoms with Crippen LogP contribution in [0.1, 0.15) is 60.8 Å². The predicted octanol–water partition coefficient (Wildman–Crippen LogP) is 6.23. The Morgan fingerprint density at radius 1 is 0.889 bits per heavy atom. The molecule has 4 aliphatic carbocycles. The van der Waals surface area contributed by atoms with Crippen molar-refractivity contribution >= 4 is 11.9 Å². The second kappa shape index (κ2) is 6.22. The van der Waals surface area contributed by atoms with Crippen molar-refractivity contribution in [2.75, 3.05) is 0 Å². The highest BCUT2D eigenvalue weighted by atomic mass is 16.3. The largest absolute Gasteiger partial charge is 0.507 e. The minimum absolute atomic E-state index is 0.330. The van der Waals surface area contributed by atoms with E-state index in [1.165, 1.54) is 55.2 Å². The zero-order valence-electron chi connectivity index (χ0n) is 16.4. The highest BCUT2D eigenvalue weighted by molar-refractivity contribution is 5.85. The van der Waals surface area contributed by atoms with E-state index in [0.29, 0.717) is 11.2 Å². The first-order chi connectivity index (χ1) is 13.0. The van der Waals surface area contributed by atoms with E-state index < -0.39 is 0 Å². The Morgan fingerprint density at radius 2 is 1.56 bits per heavy atom. The molecule has 6 rings (SSSR count). The Hall–Kier alpha value is -2.09.